The Labute approximate surface area is 181 Å². The molecule has 7 heteroatoms. The molecule has 0 aliphatic carbocycles. The Bertz CT molecular complexity index is 880. The van der Waals surface area contributed by atoms with Gasteiger partial charge in [0.05, 0.1) is 11.7 Å². The summed E-state index contributed by atoms with van der Waals surface area (Å²) in [6.45, 7) is 6.00. The Morgan fingerprint density at radius 1 is 1.23 bits per heavy atom. The van der Waals surface area contributed by atoms with Gasteiger partial charge in [0.1, 0.15) is 18.7 Å². The van der Waals surface area contributed by atoms with Crippen LogP contribution in [0.1, 0.15) is 49.5 Å². The van der Waals surface area contributed by atoms with Crippen LogP contribution < -0.4 is 10.6 Å². The van der Waals surface area contributed by atoms with Gasteiger partial charge in [0.25, 0.3) is 5.91 Å². The fourth-order valence-corrected chi connectivity index (χ4v) is 4.36. The molecule has 3 rings (SSSR count). The van der Waals surface area contributed by atoms with Gasteiger partial charge in [-0.25, -0.2) is 0 Å². The largest absolute Gasteiger partial charge is 0.368 e. The number of thiophene rings is 1. The van der Waals surface area contributed by atoms with Crippen molar-refractivity contribution in [3.05, 3.63) is 58.3 Å². The van der Waals surface area contributed by atoms with E-state index in [1.807, 2.05) is 56.5 Å². The minimum absolute atomic E-state index is 0.00485. The highest BCUT2D eigenvalue weighted by molar-refractivity contribution is 7.08. The Morgan fingerprint density at radius 2 is 1.97 bits per heavy atom. The molecule has 30 heavy (non-hydrogen) atoms. The van der Waals surface area contributed by atoms with E-state index in [4.69, 9.17) is 4.74 Å². The van der Waals surface area contributed by atoms with Gasteiger partial charge < -0.3 is 15.4 Å². The number of hydrogen-bond acceptors (Lipinski definition) is 5. The molecule has 1 aliphatic heterocycles. The maximum absolute atomic E-state index is 13.2. The molecule has 2 unspecified atom stereocenters. The fourth-order valence-electron chi connectivity index (χ4n) is 3.73. The minimum Gasteiger partial charge on any atom is -0.368 e. The van der Waals surface area contributed by atoms with Crippen molar-refractivity contribution in [2.45, 2.75) is 57.2 Å². The number of ether oxygens (including phenoxy) is 1. The van der Waals surface area contributed by atoms with Crippen LogP contribution in [-0.2, 0) is 19.7 Å². The molecule has 1 fully saturated rings. The predicted molar refractivity (Wildman–Crippen MR) is 117 cm³/mol. The summed E-state index contributed by atoms with van der Waals surface area (Å²) in [5, 5.41) is 9.26. The van der Waals surface area contributed by atoms with Crippen molar-refractivity contribution in [1.82, 2.24) is 10.6 Å². The molecule has 2 N–H and O–H groups in total. The third kappa shape index (κ3) is 5.15. The molecule has 1 aromatic heterocycles. The van der Waals surface area contributed by atoms with Crippen LogP contribution in [0.3, 0.4) is 0 Å². The van der Waals surface area contributed by atoms with E-state index in [0.717, 1.165) is 5.56 Å². The predicted octanol–water partition coefficient (Wildman–Crippen LogP) is 3.08. The van der Waals surface area contributed by atoms with Crippen molar-refractivity contribution in [1.29, 1.82) is 0 Å². The molecule has 2 aromatic rings. The zero-order chi connectivity index (χ0) is 21.7. The number of benzene rings is 1. The Hall–Kier alpha value is -2.51. The van der Waals surface area contributed by atoms with Crippen molar-refractivity contribution in [3.8, 4) is 0 Å². The monoisotopic (exact) mass is 428 g/mol. The SMILES string of the molecule is CCC1OCC(=O)C1NC(=O)[C@H](CC(C)(C)c1ccccc1)NC(=O)c1ccsc1. The van der Waals surface area contributed by atoms with E-state index in [0.29, 0.717) is 18.4 Å². The van der Waals surface area contributed by atoms with E-state index in [9.17, 15) is 14.4 Å². The first kappa shape index (κ1) is 22.2. The quantitative estimate of drug-likeness (QED) is 0.677. The van der Waals surface area contributed by atoms with Gasteiger partial charge in [-0.2, -0.15) is 11.3 Å². The molecule has 1 saturated heterocycles. The summed E-state index contributed by atoms with van der Waals surface area (Å²) >= 11 is 1.42. The summed E-state index contributed by atoms with van der Waals surface area (Å²) in [6, 6.07) is 10.1. The lowest BCUT2D eigenvalue weighted by molar-refractivity contribution is -0.128. The zero-order valence-electron chi connectivity index (χ0n) is 17.5. The van der Waals surface area contributed by atoms with E-state index < -0.39 is 12.1 Å². The first-order chi connectivity index (χ1) is 14.3. The maximum Gasteiger partial charge on any atom is 0.252 e. The van der Waals surface area contributed by atoms with Crippen molar-refractivity contribution in [3.63, 3.8) is 0 Å². The van der Waals surface area contributed by atoms with Crippen molar-refractivity contribution >= 4 is 28.9 Å². The van der Waals surface area contributed by atoms with Crippen LogP contribution in [0, 0.1) is 0 Å². The topological polar surface area (TPSA) is 84.5 Å². The Morgan fingerprint density at radius 3 is 2.60 bits per heavy atom. The lowest BCUT2D eigenvalue weighted by Crippen LogP contribution is -2.54. The number of nitrogens with one attached hydrogen (secondary N) is 2. The molecule has 2 amide bonds. The molecule has 2 heterocycles. The van der Waals surface area contributed by atoms with E-state index >= 15 is 0 Å². The Kier molecular flexibility index (Phi) is 7.05. The van der Waals surface area contributed by atoms with Crippen LogP contribution in [0.25, 0.3) is 0 Å². The number of rotatable bonds is 8. The smallest absolute Gasteiger partial charge is 0.252 e. The molecular weight excluding hydrogens is 400 g/mol. The molecule has 6 nitrogen and oxygen atoms in total. The van der Waals surface area contributed by atoms with Gasteiger partial charge in [-0.15, -0.1) is 0 Å². The van der Waals surface area contributed by atoms with E-state index in [1.54, 1.807) is 11.4 Å². The molecule has 1 aliphatic rings. The highest BCUT2D eigenvalue weighted by atomic mass is 32.1. The number of carbonyl (C=O) groups is 3. The van der Waals surface area contributed by atoms with Crippen molar-refractivity contribution in [2.75, 3.05) is 6.61 Å². The van der Waals surface area contributed by atoms with Gasteiger partial charge in [-0.05, 0) is 35.3 Å². The summed E-state index contributed by atoms with van der Waals surface area (Å²) in [5.41, 5.74) is 1.22. The van der Waals surface area contributed by atoms with Gasteiger partial charge in [0.2, 0.25) is 5.91 Å². The zero-order valence-corrected chi connectivity index (χ0v) is 18.3. The van der Waals surface area contributed by atoms with E-state index in [1.165, 1.54) is 11.3 Å². The average molecular weight is 429 g/mol. The highest BCUT2D eigenvalue weighted by Gasteiger charge is 2.38. The van der Waals surface area contributed by atoms with Crippen LogP contribution in [0.5, 0.6) is 0 Å². The molecular formula is C23H28N2O4S. The maximum atomic E-state index is 13.2. The minimum atomic E-state index is -0.793. The molecule has 160 valence electrons. The van der Waals surface area contributed by atoms with Gasteiger partial charge in [0.15, 0.2) is 5.78 Å². The third-order valence-corrected chi connectivity index (χ3v) is 6.22. The van der Waals surface area contributed by atoms with Crippen LogP contribution in [0.15, 0.2) is 47.2 Å². The summed E-state index contributed by atoms with van der Waals surface area (Å²) in [5.74, 6) is -0.813. The fraction of sp³-hybridized carbons (Fsp3) is 0.435. The normalized spacial score (nSPS) is 20.0. The summed E-state index contributed by atoms with van der Waals surface area (Å²) in [7, 11) is 0. The van der Waals surface area contributed by atoms with Gasteiger partial charge >= 0.3 is 0 Å². The van der Waals surface area contributed by atoms with Crippen molar-refractivity contribution < 1.29 is 19.1 Å². The molecule has 1 aromatic carbocycles. The number of Topliss-reactive ketones (excluding diaryl/α,β-unsaturated/α-hetero) is 1. The second-order valence-corrected chi connectivity index (χ2v) is 8.98. The molecule has 3 atom stereocenters. The summed E-state index contributed by atoms with van der Waals surface area (Å²) in [4.78, 5) is 38.1. The van der Waals surface area contributed by atoms with Crippen molar-refractivity contribution in [2.24, 2.45) is 0 Å². The first-order valence-corrected chi connectivity index (χ1v) is 11.1. The molecule has 0 spiro atoms. The van der Waals surface area contributed by atoms with Gasteiger partial charge in [0, 0.05) is 5.38 Å². The molecule has 0 saturated carbocycles. The average Bonchev–Trinajstić information content (AvgIpc) is 3.39. The first-order valence-electron chi connectivity index (χ1n) is 10.1. The van der Waals surface area contributed by atoms with Crippen LogP contribution in [0.2, 0.25) is 0 Å². The number of amides is 2. The summed E-state index contributed by atoms with van der Waals surface area (Å²) < 4.78 is 5.47. The molecule has 0 radical (unpaired) electrons. The lowest BCUT2D eigenvalue weighted by atomic mass is 9.78. The van der Waals surface area contributed by atoms with E-state index in [2.05, 4.69) is 10.6 Å². The van der Waals surface area contributed by atoms with Gasteiger partial charge in [-0.3, -0.25) is 14.4 Å². The number of ketones is 1. The van der Waals surface area contributed by atoms with Crippen LogP contribution in [0.4, 0.5) is 0 Å². The van der Waals surface area contributed by atoms with E-state index in [-0.39, 0.29) is 35.7 Å². The second-order valence-electron chi connectivity index (χ2n) is 8.20. The lowest BCUT2D eigenvalue weighted by Gasteiger charge is -2.31. The number of hydrogen-bond donors (Lipinski definition) is 2. The van der Waals surface area contributed by atoms with Crippen LogP contribution >= 0.6 is 11.3 Å². The Balaban J connectivity index is 1.80. The van der Waals surface area contributed by atoms with Crippen LogP contribution in [-0.4, -0.2) is 42.4 Å². The summed E-state index contributed by atoms with van der Waals surface area (Å²) in [6.07, 6.45) is 0.673. The van der Waals surface area contributed by atoms with Gasteiger partial charge in [-0.1, -0.05) is 51.1 Å². The third-order valence-electron chi connectivity index (χ3n) is 5.53. The molecule has 0 bridgehead atoms. The highest BCUT2D eigenvalue weighted by Crippen LogP contribution is 2.28. The standard InChI is InChI=1S/C23H28N2O4S/c1-4-19-20(18(26)13-29-19)25-22(28)17(24-21(27)15-10-11-30-14-15)12-23(2,3)16-8-6-5-7-9-16/h5-11,14,17,19-20H,4,12-13H2,1-3H3,(H,24,27)(H,25,28)/t17-,19?,20?/m0/s1. The number of carbonyl (C=O) groups excluding carboxylic acids is 3. The second kappa shape index (κ2) is 9.53.